The maximum Gasteiger partial charge on any atom is 0.239 e. The Hall–Kier alpha value is -0.640. The summed E-state index contributed by atoms with van der Waals surface area (Å²) in [5, 5.41) is 12.2. The maximum absolute atomic E-state index is 10.9. The number of anilines is 1. The van der Waals surface area contributed by atoms with Crippen LogP contribution < -0.4 is 5.32 Å². The van der Waals surface area contributed by atoms with Crippen LogP contribution in [0.1, 0.15) is 0 Å². The van der Waals surface area contributed by atoms with Crippen LogP contribution in [0.3, 0.4) is 0 Å². The van der Waals surface area contributed by atoms with Gasteiger partial charge in [0.2, 0.25) is 5.91 Å². The van der Waals surface area contributed by atoms with Crippen molar-refractivity contribution in [2.24, 2.45) is 0 Å². The molecule has 1 aromatic rings. The van der Waals surface area contributed by atoms with Crippen LogP contribution in [0.4, 0.5) is 5.69 Å². The second-order valence-electron chi connectivity index (χ2n) is 2.47. The molecule has 0 aromatic heterocycles. The van der Waals surface area contributed by atoms with E-state index in [1.807, 2.05) is 0 Å². The lowest BCUT2D eigenvalue weighted by atomic mass is 10.3. The van der Waals surface area contributed by atoms with E-state index in [0.29, 0.717) is 5.02 Å². The first-order valence-corrected chi connectivity index (χ1v) is 4.87. The molecule has 2 N–H and O–H groups in total. The fourth-order valence-electron chi connectivity index (χ4n) is 0.845. The van der Waals surface area contributed by atoms with Crippen LogP contribution in [-0.4, -0.2) is 16.9 Å². The summed E-state index contributed by atoms with van der Waals surface area (Å²) in [6.07, 6.45) is 0. The summed E-state index contributed by atoms with van der Waals surface area (Å²) < 4.78 is 0. The molecule has 1 aromatic carbocycles. The zero-order valence-corrected chi connectivity index (χ0v) is 9.12. The van der Waals surface area contributed by atoms with Crippen molar-refractivity contribution in [3.05, 3.63) is 22.2 Å². The predicted octanol–water partition coefficient (Wildman–Crippen LogP) is 2.88. The van der Waals surface area contributed by atoms with Crippen molar-refractivity contribution in [3.8, 4) is 5.75 Å². The van der Waals surface area contributed by atoms with E-state index in [4.69, 9.17) is 34.8 Å². The van der Waals surface area contributed by atoms with Crippen molar-refractivity contribution in [1.82, 2.24) is 0 Å². The average molecular weight is 254 g/mol. The molecule has 0 bridgehead atoms. The summed E-state index contributed by atoms with van der Waals surface area (Å²) in [7, 11) is 0. The number of carbonyl (C=O) groups excluding carboxylic acids is 1. The molecule has 6 heteroatoms. The fourth-order valence-corrected chi connectivity index (χ4v) is 1.41. The van der Waals surface area contributed by atoms with E-state index < -0.39 is 5.91 Å². The van der Waals surface area contributed by atoms with Crippen molar-refractivity contribution >= 4 is 46.4 Å². The lowest BCUT2D eigenvalue weighted by Gasteiger charge is -2.07. The molecule has 0 atom stereocenters. The van der Waals surface area contributed by atoms with Gasteiger partial charge in [-0.25, -0.2) is 0 Å². The van der Waals surface area contributed by atoms with Gasteiger partial charge in [-0.15, -0.1) is 11.6 Å². The fraction of sp³-hybridized carbons (Fsp3) is 0.125. The van der Waals surface area contributed by atoms with Gasteiger partial charge in [-0.2, -0.15) is 0 Å². The summed E-state index contributed by atoms with van der Waals surface area (Å²) in [6, 6.07) is 2.75. The van der Waals surface area contributed by atoms with Gasteiger partial charge >= 0.3 is 0 Å². The SMILES string of the molecule is O=C(CCl)Nc1cc(Cl)cc(Cl)c1O. The van der Waals surface area contributed by atoms with Gasteiger partial charge in [-0.1, -0.05) is 23.2 Å². The topological polar surface area (TPSA) is 49.3 Å². The molecule has 0 fully saturated rings. The van der Waals surface area contributed by atoms with E-state index in [2.05, 4.69) is 5.32 Å². The molecular formula is C8H6Cl3NO2. The summed E-state index contributed by atoms with van der Waals surface area (Å²) in [4.78, 5) is 10.9. The highest BCUT2D eigenvalue weighted by Crippen LogP contribution is 2.34. The van der Waals surface area contributed by atoms with E-state index in [0.717, 1.165) is 0 Å². The predicted molar refractivity (Wildman–Crippen MR) is 57.5 cm³/mol. The maximum atomic E-state index is 10.9. The number of aromatic hydroxyl groups is 1. The largest absolute Gasteiger partial charge is 0.504 e. The van der Waals surface area contributed by atoms with Crippen molar-refractivity contribution < 1.29 is 9.90 Å². The van der Waals surface area contributed by atoms with Gasteiger partial charge in [0.25, 0.3) is 0 Å². The number of halogens is 3. The lowest BCUT2D eigenvalue weighted by molar-refractivity contribution is -0.113. The first-order chi connectivity index (χ1) is 6.54. The Kier molecular flexibility index (Phi) is 3.86. The molecule has 0 spiro atoms. The molecule has 0 aliphatic carbocycles. The Morgan fingerprint density at radius 3 is 2.64 bits per heavy atom. The Labute approximate surface area is 95.6 Å². The Morgan fingerprint density at radius 1 is 1.43 bits per heavy atom. The van der Waals surface area contributed by atoms with Gasteiger partial charge in [0.1, 0.15) is 5.88 Å². The van der Waals surface area contributed by atoms with Crippen LogP contribution in [0.15, 0.2) is 12.1 Å². The zero-order valence-electron chi connectivity index (χ0n) is 6.85. The minimum Gasteiger partial charge on any atom is -0.504 e. The summed E-state index contributed by atoms with van der Waals surface area (Å²) in [5.74, 6) is -0.876. The normalized spacial score (nSPS) is 9.93. The standard InChI is InChI=1S/C8H6Cl3NO2/c9-3-7(13)12-6-2-4(10)1-5(11)8(6)14/h1-2,14H,3H2,(H,12,13). The van der Waals surface area contributed by atoms with Crippen LogP contribution in [0.2, 0.25) is 10.0 Å². The molecule has 0 radical (unpaired) electrons. The molecule has 1 amide bonds. The number of hydrogen-bond donors (Lipinski definition) is 2. The molecule has 0 saturated heterocycles. The number of rotatable bonds is 2. The number of nitrogens with one attached hydrogen (secondary N) is 1. The summed E-state index contributed by atoms with van der Waals surface area (Å²) in [6.45, 7) is 0. The number of carbonyl (C=O) groups is 1. The van der Waals surface area contributed by atoms with Gasteiger partial charge < -0.3 is 10.4 Å². The summed E-state index contributed by atoms with van der Waals surface area (Å²) in [5.41, 5.74) is 0.146. The zero-order chi connectivity index (χ0) is 10.7. The molecule has 0 aliphatic rings. The van der Waals surface area contributed by atoms with E-state index in [9.17, 15) is 9.90 Å². The smallest absolute Gasteiger partial charge is 0.239 e. The highest BCUT2D eigenvalue weighted by atomic mass is 35.5. The van der Waals surface area contributed by atoms with E-state index in [1.54, 1.807) is 0 Å². The van der Waals surface area contributed by atoms with Crippen LogP contribution in [0, 0.1) is 0 Å². The average Bonchev–Trinajstić information content (AvgIpc) is 2.13. The van der Waals surface area contributed by atoms with Gasteiger partial charge in [0.15, 0.2) is 5.75 Å². The number of phenolic OH excluding ortho intramolecular Hbond substituents is 1. The Balaban J connectivity index is 3.02. The monoisotopic (exact) mass is 253 g/mol. The molecule has 0 saturated carbocycles. The van der Waals surface area contributed by atoms with E-state index >= 15 is 0 Å². The van der Waals surface area contributed by atoms with Gasteiger partial charge in [-0.05, 0) is 12.1 Å². The van der Waals surface area contributed by atoms with Crippen LogP contribution in [0.5, 0.6) is 5.75 Å². The molecule has 0 aliphatic heterocycles. The van der Waals surface area contributed by atoms with Gasteiger partial charge in [0.05, 0.1) is 10.7 Å². The molecule has 1 rings (SSSR count). The first-order valence-electron chi connectivity index (χ1n) is 3.58. The van der Waals surface area contributed by atoms with E-state index in [-0.39, 0.29) is 22.3 Å². The van der Waals surface area contributed by atoms with Crippen molar-refractivity contribution in [1.29, 1.82) is 0 Å². The van der Waals surface area contributed by atoms with Gasteiger partial charge in [0, 0.05) is 5.02 Å². The minimum atomic E-state index is -0.444. The lowest BCUT2D eigenvalue weighted by Crippen LogP contribution is -2.12. The Bertz CT molecular complexity index is 368. The number of alkyl halides is 1. The highest BCUT2D eigenvalue weighted by Gasteiger charge is 2.09. The Morgan fingerprint density at radius 2 is 2.07 bits per heavy atom. The van der Waals surface area contributed by atoms with Crippen molar-refractivity contribution in [2.45, 2.75) is 0 Å². The minimum absolute atomic E-state index is 0.0716. The number of hydrogen-bond acceptors (Lipinski definition) is 2. The molecule has 76 valence electrons. The molecule has 0 unspecified atom stereocenters. The van der Waals surface area contributed by atoms with Crippen LogP contribution >= 0.6 is 34.8 Å². The number of phenols is 1. The van der Waals surface area contributed by atoms with Gasteiger partial charge in [-0.3, -0.25) is 4.79 Å². The quantitative estimate of drug-likeness (QED) is 0.630. The molecule has 3 nitrogen and oxygen atoms in total. The summed E-state index contributed by atoms with van der Waals surface area (Å²) >= 11 is 16.6. The molecule has 14 heavy (non-hydrogen) atoms. The second-order valence-corrected chi connectivity index (χ2v) is 3.58. The van der Waals surface area contributed by atoms with Crippen molar-refractivity contribution in [3.63, 3.8) is 0 Å². The van der Waals surface area contributed by atoms with Crippen molar-refractivity contribution in [2.75, 3.05) is 11.2 Å². The third-order valence-corrected chi connectivity index (χ3v) is 2.17. The second kappa shape index (κ2) is 4.73. The number of benzene rings is 1. The third kappa shape index (κ3) is 2.67. The van der Waals surface area contributed by atoms with Crippen LogP contribution in [-0.2, 0) is 4.79 Å². The first kappa shape index (κ1) is 11.4. The molecular weight excluding hydrogens is 248 g/mol. The molecule has 0 heterocycles. The highest BCUT2D eigenvalue weighted by molar-refractivity contribution is 6.36. The third-order valence-electron chi connectivity index (χ3n) is 1.42. The van der Waals surface area contributed by atoms with Crippen LogP contribution in [0.25, 0.3) is 0 Å². The van der Waals surface area contributed by atoms with E-state index in [1.165, 1.54) is 12.1 Å². The number of amides is 1.